The molecule has 2 heterocycles. The van der Waals surface area contributed by atoms with Crippen molar-refractivity contribution >= 4 is 33.1 Å². The highest BCUT2D eigenvalue weighted by Crippen LogP contribution is 2.27. The largest absolute Gasteiger partial charge is 0.497 e. The Balaban J connectivity index is 1.48. The third-order valence-electron chi connectivity index (χ3n) is 5.57. The summed E-state index contributed by atoms with van der Waals surface area (Å²) in [5, 5.41) is 6.76. The maximum atomic E-state index is 12.9. The van der Waals surface area contributed by atoms with Crippen molar-refractivity contribution in [2.24, 2.45) is 0 Å². The summed E-state index contributed by atoms with van der Waals surface area (Å²) in [4.78, 5) is 18.1. The Hall–Kier alpha value is -3.71. The first-order valence-electron chi connectivity index (χ1n) is 10.2. The molecule has 0 unspecified atom stereocenters. The monoisotopic (exact) mass is 443 g/mol. The molecule has 0 amide bonds. The van der Waals surface area contributed by atoms with Crippen molar-refractivity contribution in [3.63, 3.8) is 0 Å². The van der Waals surface area contributed by atoms with Crippen LogP contribution in [0.2, 0.25) is 0 Å². The van der Waals surface area contributed by atoms with Crippen molar-refractivity contribution in [2.45, 2.75) is 12.8 Å². The van der Waals surface area contributed by atoms with Crippen LogP contribution in [0.15, 0.2) is 65.5 Å². The van der Waals surface area contributed by atoms with Crippen molar-refractivity contribution in [1.82, 2.24) is 14.6 Å². The molecule has 0 aliphatic carbocycles. The fourth-order valence-corrected chi connectivity index (χ4v) is 4.59. The van der Waals surface area contributed by atoms with Gasteiger partial charge in [0.25, 0.3) is 5.56 Å². The van der Waals surface area contributed by atoms with Gasteiger partial charge in [-0.25, -0.2) is 4.98 Å². The van der Waals surface area contributed by atoms with Gasteiger partial charge in [0, 0.05) is 5.92 Å². The first kappa shape index (κ1) is 20.2. The minimum atomic E-state index is -0.155. The number of thiazole rings is 1. The number of nitrogens with zero attached hydrogens (tertiary/aromatic N) is 3. The van der Waals surface area contributed by atoms with Crippen LogP contribution in [0, 0.1) is 0 Å². The Labute approximate surface area is 188 Å². The smallest absolute Gasteiger partial charge is 0.291 e. The molecule has 5 rings (SSSR count). The molecule has 0 spiro atoms. The maximum Gasteiger partial charge on any atom is 0.291 e. The first-order valence-corrected chi connectivity index (χ1v) is 11.0. The van der Waals surface area contributed by atoms with E-state index < -0.39 is 0 Å². The molecule has 3 aromatic carbocycles. The highest BCUT2D eigenvalue weighted by Gasteiger charge is 2.17. The number of hydrogen-bond acceptors (Lipinski definition) is 6. The van der Waals surface area contributed by atoms with Crippen LogP contribution in [0.25, 0.3) is 21.8 Å². The lowest BCUT2D eigenvalue weighted by Crippen LogP contribution is -2.24. The van der Waals surface area contributed by atoms with Crippen molar-refractivity contribution in [3.8, 4) is 11.5 Å². The van der Waals surface area contributed by atoms with Crippen LogP contribution in [-0.4, -0.2) is 28.8 Å². The van der Waals surface area contributed by atoms with Gasteiger partial charge in [-0.1, -0.05) is 54.7 Å². The number of methoxy groups -OCH3 is 2. The molecule has 0 bridgehead atoms. The van der Waals surface area contributed by atoms with E-state index in [2.05, 4.69) is 35.2 Å². The summed E-state index contributed by atoms with van der Waals surface area (Å²) in [5.74, 6) is 2.21. The molecule has 7 heteroatoms. The third kappa shape index (κ3) is 3.61. The van der Waals surface area contributed by atoms with Gasteiger partial charge in [0.1, 0.15) is 11.5 Å². The summed E-state index contributed by atoms with van der Waals surface area (Å²) < 4.78 is 12.5. The average molecular weight is 444 g/mol. The Bertz CT molecular complexity index is 1540. The zero-order valence-electron chi connectivity index (χ0n) is 17.9. The van der Waals surface area contributed by atoms with E-state index in [9.17, 15) is 4.79 Å². The second kappa shape index (κ2) is 8.09. The van der Waals surface area contributed by atoms with Crippen LogP contribution in [0.5, 0.6) is 11.5 Å². The first-order chi connectivity index (χ1) is 15.6. The third-order valence-corrected chi connectivity index (χ3v) is 6.53. The summed E-state index contributed by atoms with van der Waals surface area (Å²) in [7, 11) is 3.29. The molecule has 2 aromatic heterocycles. The van der Waals surface area contributed by atoms with E-state index in [0.717, 1.165) is 33.4 Å². The van der Waals surface area contributed by atoms with Gasteiger partial charge in [0.15, 0.2) is 5.82 Å². The van der Waals surface area contributed by atoms with Gasteiger partial charge >= 0.3 is 0 Å². The van der Waals surface area contributed by atoms with Crippen molar-refractivity contribution in [1.29, 1.82) is 0 Å². The molecule has 1 atom stereocenters. The summed E-state index contributed by atoms with van der Waals surface area (Å²) in [6.45, 7) is 2.05. The van der Waals surface area contributed by atoms with E-state index in [0.29, 0.717) is 15.3 Å². The number of benzene rings is 3. The quantitative estimate of drug-likeness (QED) is 0.411. The van der Waals surface area contributed by atoms with E-state index in [1.807, 2.05) is 48.5 Å². The second-order valence-electron chi connectivity index (χ2n) is 7.55. The van der Waals surface area contributed by atoms with Gasteiger partial charge in [-0.05, 0) is 52.2 Å². The summed E-state index contributed by atoms with van der Waals surface area (Å²) in [6.07, 6.45) is 1.85. The van der Waals surface area contributed by atoms with E-state index >= 15 is 0 Å². The lowest BCUT2D eigenvalue weighted by Gasteiger charge is -2.10. The van der Waals surface area contributed by atoms with Crippen LogP contribution < -0.4 is 19.6 Å². The minimum absolute atomic E-state index is 0.0398. The zero-order valence-corrected chi connectivity index (χ0v) is 18.7. The number of ether oxygens (including phenoxy) is 2. The van der Waals surface area contributed by atoms with Crippen LogP contribution >= 0.6 is 11.3 Å². The van der Waals surface area contributed by atoms with Crippen LogP contribution in [0.3, 0.4) is 0 Å². The molecule has 160 valence electrons. The normalized spacial score (nSPS) is 13.0. The predicted octanol–water partition coefficient (Wildman–Crippen LogP) is 4.02. The maximum absolute atomic E-state index is 12.9. The van der Waals surface area contributed by atoms with E-state index in [4.69, 9.17) is 9.47 Å². The molecule has 0 saturated heterocycles. The fourth-order valence-electron chi connectivity index (χ4n) is 3.67. The van der Waals surface area contributed by atoms with E-state index in [1.165, 1.54) is 15.9 Å². The molecular weight excluding hydrogens is 422 g/mol. The van der Waals surface area contributed by atoms with Crippen LogP contribution in [0.4, 0.5) is 0 Å². The minimum Gasteiger partial charge on any atom is -0.497 e. The number of aromatic nitrogens is 3. The van der Waals surface area contributed by atoms with Crippen molar-refractivity contribution in [3.05, 3.63) is 92.5 Å². The highest BCUT2D eigenvalue weighted by atomic mass is 32.1. The Morgan fingerprint density at radius 3 is 2.34 bits per heavy atom. The van der Waals surface area contributed by atoms with E-state index in [-0.39, 0.29) is 11.5 Å². The number of rotatable bonds is 5. The number of hydrogen-bond donors (Lipinski definition) is 0. The summed E-state index contributed by atoms with van der Waals surface area (Å²) in [6, 6.07) is 19.8. The van der Waals surface area contributed by atoms with Gasteiger partial charge in [-0.3, -0.25) is 4.79 Å². The second-order valence-corrected chi connectivity index (χ2v) is 8.56. The Morgan fingerprint density at radius 2 is 1.62 bits per heavy atom. The molecule has 6 nitrogen and oxygen atoms in total. The Kier molecular flexibility index (Phi) is 5.11. The van der Waals surface area contributed by atoms with Crippen molar-refractivity contribution in [2.75, 3.05) is 14.2 Å². The van der Waals surface area contributed by atoms with Crippen LogP contribution in [-0.2, 0) is 0 Å². The average Bonchev–Trinajstić information content (AvgIpc) is 3.37. The lowest BCUT2D eigenvalue weighted by molar-refractivity contribution is 0.415. The van der Waals surface area contributed by atoms with Gasteiger partial charge in [0.2, 0.25) is 4.96 Å². The van der Waals surface area contributed by atoms with Crippen molar-refractivity contribution < 1.29 is 9.47 Å². The SMILES string of the molecule is COc1ccc(/C=c2\sc3nc([C@@H](C)c4ccc5cc(OC)ccc5c4)nn3c2=O)cc1. The number of fused-ring (bicyclic) bond motifs is 2. The van der Waals surface area contributed by atoms with E-state index in [1.54, 1.807) is 14.2 Å². The lowest BCUT2D eigenvalue weighted by atomic mass is 9.97. The van der Waals surface area contributed by atoms with Gasteiger partial charge < -0.3 is 9.47 Å². The topological polar surface area (TPSA) is 65.7 Å². The zero-order chi connectivity index (χ0) is 22.2. The molecule has 0 radical (unpaired) electrons. The van der Waals surface area contributed by atoms with Gasteiger partial charge in [-0.15, -0.1) is 5.10 Å². The summed E-state index contributed by atoms with van der Waals surface area (Å²) in [5.41, 5.74) is 1.87. The molecular formula is C25H21N3O3S. The summed E-state index contributed by atoms with van der Waals surface area (Å²) >= 11 is 1.34. The van der Waals surface area contributed by atoms with Gasteiger partial charge in [0.05, 0.1) is 18.8 Å². The molecule has 0 aliphatic heterocycles. The fraction of sp³-hybridized carbons (Fsp3) is 0.160. The molecule has 0 fully saturated rings. The standard InChI is InChI=1S/C25H21N3O3S/c1-15(17-6-7-19-14-21(31-3)11-8-18(19)13-17)23-26-25-28(27-23)24(29)22(32-25)12-16-4-9-20(30-2)10-5-16/h4-15H,1-3H3/b22-12-/t15-/m0/s1. The molecule has 0 N–H and O–H groups in total. The Morgan fingerprint density at radius 1 is 0.938 bits per heavy atom. The predicted molar refractivity (Wildman–Crippen MR) is 127 cm³/mol. The molecule has 5 aromatic rings. The molecule has 32 heavy (non-hydrogen) atoms. The molecule has 0 aliphatic rings. The van der Waals surface area contributed by atoms with Gasteiger partial charge in [-0.2, -0.15) is 4.52 Å². The highest BCUT2D eigenvalue weighted by molar-refractivity contribution is 7.15. The van der Waals surface area contributed by atoms with Crippen LogP contribution in [0.1, 0.15) is 29.8 Å². The molecule has 0 saturated carbocycles.